The number of nitrogens with zero attached hydrogens (tertiary/aromatic N) is 1. The van der Waals surface area contributed by atoms with Crippen LogP contribution in [0.3, 0.4) is 0 Å². The standard InChI is InChI=1S/C10H20N2/c1-11-8-10(9-4-5-9)6-3-7-12(10)2/h9,11H,3-8H2,1-2H3. The maximum Gasteiger partial charge on any atom is 0.0359 e. The molecule has 0 aromatic carbocycles. The van der Waals surface area contributed by atoms with Crippen molar-refractivity contribution < 1.29 is 0 Å². The lowest BCUT2D eigenvalue weighted by molar-refractivity contribution is 0.144. The highest BCUT2D eigenvalue weighted by Crippen LogP contribution is 2.47. The Morgan fingerprint density at radius 1 is 1.50 bits per heavy atom. The Balaban J connectivity index is 2.08. The minimum Gasteiger partial charge on any atom is -0.318 e. The molecule has 2 heteroatoms. The number of likely N-dealkylation sites (tertiary alicyclic amines) is 1. The van der Waals surface area contributed by atoms with Crippen LogP contribution in [0.15, 0.2) is 0 Å². The number of rotatable bonds is 3. The molecule has 70 valence electrons. The lowest BCUT2D eigenvalue weighted by Gasteiger charge is -2.36. The van der Waals surface area contributed by atoms with Gasteiger partial charge in [-0.3, -0.25) is 4.90 Å². The van der Waals surface area contributed by atoms with Crippen molar-refractivity contribution >= 4 is 0 Å². The van der Waals surface area contributed by atoms with Gasteiger partial charge in [0.2, 0.25) is 0 Å². The Kier molecular flexibility index (Phi) is 2.13. The van der Waals surface area contributed by atoms with Gasteiger partial charge in [-0.1, -0.05) is 0 Å². The number of hydrogen-bond acceptors (Lipinski definition) is 2. The molecule has 0 bridgehead atoms. The van der Waals surface area contributed by atoms with Crippen LogP contribution in [0.4, 0.5) is 0 Å². The summed E-state index contributed by atoms with van der Waals surface area (Å²) in [6.45, 7) is 2.49. The first kappa shape index (κ1) is 8.52. The average Bonchev–Trinajstić information content (AvgIpc) is 2.81. The van der Waals surface area contributed by atoms with Gasteiger partial charge in [0.1, 0.15) is 0 Å². The average molecular weight is 168 g/mol. The third-order valence-corrected chi connectivity index (χ3v) is 3.68. The molecule has 0 aromatic heterocycles. The monoisotopic (exact) mass is 168 g/mol. The van der Waals surface area contributed by atoms with E-state index in [2.05, 4.69) is 24.3 Å². The first-order chi connectivity index (χ1) is 5.79. The quantitative estimate of drug-likeness (QED) is 0.678. The smallest absolute Gasteiger partial charge is 0.0359 e. The van der Waals surface area contributed by atoms with Crippen molar-refractivity contribution in [2.45, 2.75) is 31.2 Å². The summed E-state index contributed by atoms with van der Waals surface area (Å²) < 4.78 is 0. The largest absolute Gasteiger partial charge is 0.318 e. The normalized spacial score (nSPS) is 37.5. The highest BCUT2D eigenvalue weighted by atomic mass is 15.2. The van der Waals surface area contributed by atoms with E-state index in [1.165, 1.54) is 38.8 Å². The molecular weight excluding hydrogens is 148 g/mol. The van der Waals surface area contributed by atoms with E-state index < -0.39 is 0 Å². The second kappa shape index (κ2) is 3.00. The van der Waals surface area contributed by atoms with Crippen molar-refractivity contribution in [3.63, 3.8) is 0 Å². The second-order valence-electron chi connectivity index (χ2n) is 4.43. The Morgan fingerprint density at radius 2 is 2.25 bits per heavy atom. The van der Waals surface area contributed by atoms with Crippen molar-refractivity contribution in [3.05, 3.63) is 0 Å². The number of hydrogen-bond donors (Lipinski definition) is 1. The molecule has 0 spiro atoms. The Bertz CT molecular complexity index is 165. The second-order valence-corrected chi connectivity index (χ2v) is 4.43. The van der Waals surface area contributed by atoms with Gasteiger partial charge >= 0.3 is 0 Å². The molecular formula is C10H20N2. The van der Waals surface area contributed by atoms with Gasteiger partial charge in [-0.25, -0.2) is 0 Å². The van der Waals surface area contributed by atoms with Crippen molar-refractivity contribution in [1.82, 2.24) is 10.2 Å². The van der Waals surface area contributed by atoms with Crippen LogP contribution >= 0.6 is 0 Å². The fraction of sp³-hybridized carbons (Fsp3) is 1.00. The zero-order valence-electron chi connectivity index (χ0n) is 8.27. The summed E-state index contributed by atoms with van der Waals surface area (Å²) in [5.41, 5.74) is 0.536. The minimum atomic E-state index is 0.536. The van der Waals surface area contributed by atoms with Gasteiger partial charge in [0.05, 0.1) is 0 Å². The fourth-order valence-electron chi connectivity index (χ4n) is 2.85. The van der Waals surface area contributed by atoms with Gasteiger partial charge in [0.15, 0.2) is 0 Å². The molecule has 0 radical (unpaired) electrons. The van der Waals surface area contributed by atoms with Crippen LogP contribution < -0.4 is 5.32 Å². The summed E-state index contributed by atoms with van der Waals surface area (Å²) >= 11 is 0. The molecule has 12 heavy (non-hydrogen) atoms. The predicted molar refractivity (Wildman–Crippen MR) is 51.2 cm³/mol. The van der Waals surface area contributed by atoms with Crippen LogP contribution in [-0.2, 0) is 0 Å². The highest BCUT2D eigenvalue weighted by Gasteiger charge is 2.49. The molecule has 1 saturated heterocycles. The number of nitrogens with one attached hydrogen (secondary N) is 1. The molecule has 2 fully saturated rings. The SMILES string of the molecule is CNCC1(C2CC2)CCCN1C. The van der Waals surface area contributed by atoms with Crippen molar-refractivity contribution in [3.8, 4) is 0 Å². The molecule has 2 rings (SSSR count). The lowest BCUT2D eigenvalue weighted by atomic mass is 9.90. The maximum atomic E-state index is 3.36. The van der Waals surface area contributed by atoms with Gasteiger partial charge in [0, 0.05) is 12.1 Å². The van der Waals surface area contributed by atoms with E-state index in [4.69, 9.17) is 0 Å². The third kappa shape index (κ3) is 1.17. The van der Waals surface area contributed by atoms with E-state index in [0.29, 0.717) is 5.54 Å². The van der Waals surface area contributed by atoms with Crippen molar-refractivity contribution in [1.29, 1.82) is 0 Å². The third-order valence-electron chi connectivity index (χ3n) is 3.68. The van der Waals surface area contributed by atoms with Crippen LogP contribution in [0.2, 0.25) is 0 Å². The molecule has 1 heterocycles. The van der Waals surface area contributed by atoms with Gasteiger partial charge in [0.25, 0.3) is 0 Å². The summed E-state index contributed by atoms with van der Waals surface area (Å²) in [5.74, 6) is 0.998. The molecule has 1 saturated carbocycles. The summed E-state index contributed by atoms with van der Waals surface area (Å²) in [4.78, 5) is 2.58. The van der Waals surface area contributed by atoms with Crippen LogP contribution in [0, 0.1) is 5.92 Å². The molecule has 0 aromatic rings. The minimum absolute atomic E-state index is 0.536. The molecule has 1 unspecified atom stereocenters. The van der Waals surface area contributed by atoms with Gasteiger partial charge in [-0.15, -0.1) is 0 Å². The topological polar surface area (TPSA) is 15.3 Å². The van der Waals surface area contributed by atoms with E-state index in [9.17, 15) is 0 Å². The van der Waals surface area contributed by atoms with E-state index in [0.717, 1.165) is 5.92 Å². The molecule has 1 aliphatic carbocycles. The number of likely N-dealkylation sites (N-methyl/N-ethyl adjacent to an activating group) is 2. The van der Waals surface area contributed by atoms with Crippen LogP contribution in [0.5, 0.6) is 0 Å². The van der Waals surface area contributed by atoms with Crippen LogP contribution in [-0.4, -0.2) is 37.6 Å². The molecule has 1 N–H and O–H groups in total. The summed E-state index contributed by atoms with van der Waals surface area (Å²) in [5, 5.41) is 3.36. The molecule has 0 amide bonds. The van der Waals surface area contributed by atoms with Crippen LogP contribution in [0.25, 0.3) is 0 Å². The van der Waals surface area contributed by atoms with Crippen molar-refractivity contribution in [2.75, 3.05) is 27.2 Å². The van der Waals surface area contributed by atoms with E-state index in [-0.39, 0.29) is 0 Å². The van der Waals surface area contributed by atoms with Gasteiger partial charge < -0.3 is 5.32 Å². The molecule has 1 aliphatic heterocycles. The van der Waals surface area contributed by atoms with Crippen LogP contribution in [0.1, 0.15) is 25.7 Å². The van der Waals surface area contributed by atoms with E-state index >= 15 is 0 Å². The first-order valence-electron chi connectivity index (χ1n) is 5.15. The summed E-state index contributed by atoms with van der Waals surface area (Å²) in [6, 6.07) is 0. The zero-order valence-corrected chi connectivity index (χ0v) is 8.27. The Labute approximate surface area is 75.3 Å². The van der Waals surface area contributed by atoms with Gasteiger partial charge in [-0.2, -0.15) is 0 Å². The molecule has 1 atom stereocenters. The highest BCUT2D eigenvalue weighted by molar-refractivity contribution is 5.05. The lowest BCUT2D eigenvalue weighted by Crippen LogP contribution is -2.50. The fourth-order valence-corrected chi connectivity index (χ4v) is 2.85. The Hall–Kier alpha value is -0.0800. The summed E-state index contributed by atoms with van der Waals surface area (Å²) in [7, 11) is 4.37. The van der Waals surface area contributed by atoms with E-state index in [1.54, 1.807) is 0 Å². The molecule has 2 nitrogen and oxygen atoms in total. The Morgan fingerprint density at radius 3 is 2.67 bits per heavy atom. The van der Waals surface area contributed by atoms with E-state index in [1.807, 2.05) is 0 Å². The van der Waals surface area contributed by atoms with Crippen molar-refractivity contribution in [2.24, 2.45) is 5.92 Å². The first-order valence-corrected chi connectivity index (χ1v) is 5.15. The molecule has 2 aliphatic rings. The summed E-state index contributed by atoms with van der Waals surface area (Å²) in [6.07, 6.45) is 5.74. The van der Waals surface area contributed by atoms with Gasteiger partial charge in [-0.05, 0) is 52.2 Å². The predicted octanol–water partition coefficient (Wildman–Crippen LogP) is 1.08. The zero-order chi connectivity index (χ0) is 8.60. The maximum absolute atomic E-state index is 3.36.